The number of rotatable bonds is 3. The molecule has 0 spiro atoms. The number of hydrogen-bond donors (Lipinski definition) is 1. The van der Waals surface area contributed by atoms with Crippen LogP contribution in [-0.2, 0) is 0 Å². The van der Waals surface area contributed by atoms with E-state index in [0.29, 0.717) is 16.9 Å². The van der Waals surface area contributed by atoms with Crippen LogP contribution in [0.25, 0.3) is 0 Å². The zero-order valence-electron chi connectivity index (χ0n) is 10.4. The fraction of sp³-hybridized carbons (Fsp3) is 0.538. The fourth-order valence-electron chi connectivity index (χ4n) is 2.45. The van der Waals surface area contributed by atoms with Crippen LogP contribution < -0.4 is 4.90 Å². The topological polar surface area (TPSA) is 53.4 Å². The average molecular weight is 269 g/mol. The summed E-state index contributed by atoms with van der Waals surface area (Å²) < 4.78 is 0. The summed E-state index contributed by atoms with van der Waals surface area (Å²) in [7, 11) is 1.98. The van der Waals surface area contributed by atoms with Crippen LogP contribution in [0.4, 0.5) is 5.82 Å². The molecule has 1 heterocycles. The van der Waals surface area contributed by atoms with E-state index in [-0.39, 0.29) is 5.56 Å². The molecule has 0 radical (unpaired) electrons. The summed E-state index contributed by atoms with van der Waals surface area (Å²) in [5.74, 6) is -0.329. The largest absolute Gasteiger partial charge is 0.478 e. The van der Waals surface area contributed by atoms with Crippen LogP contribution in [0.1, 0.15) is 42.5 Å². The third kappa shape index (κ3) is 2.75. The van der Waals surface area contributed by atoms with E-state index < -0.39 is 5.97 Å². The molecule has 98 valence electrons. The first kappa shape index (κ1) is 13.1. The molecule has 2 rings (SSSR count). The van der Waals surface area contributed by atoms with E-state index in [9.17, 15) is 4.79 Å². The van der Waals surface area contributed by atoms with Gasteiger partial charge in [-0.1, -0.05) is 30.9 Å². The molecule has 4 nitrogen and oxygen atoms in total. The van der Waals surface area contributed by atoms with Crippen LogP contribution in [0.2, 0.25) is 5.02 Å². The third-order valence-corrected chi connectivity index (χ3v) is 3.80. The molecule has 1 aromatic heterocycles. The number of carbonyl (C=O) groups is 1. The van der Waals surface area contributed by atoms with Crippen LogP contribution in [0.5, 0.6) is 0 Å². The molecule has 18 heavy (non-hydrogen) atoms. The van der Waals surface area contributed by atoms with Gasteiger partial charge in [0.15, 0.2) is 0 Å². The summed E-state index contributed by atoms with van der Waals surface area (Å²) in [5, 5.41) is 9.28. The normalized spacial score (nSPS) is 16.6. The molecule has 1 aromatic rings. The van der Waals surface area contributed by atoms with E-state index in [1.165, 1.54) is 31.5 Å². The minimum atomic E-state index is -1.00. The lowest BCUT2D eigenvalue weighted by atomic mass is 9.94. The highest BCUT2D eigenvalue weighted by Crippen LogP contribution is 2.29. The molecule has 0 unspecified atom stereocenters. The van der Waals surface area contributed by atoms with Crippen LogP contribution in [-0.4, -0.2) is 29.1 Å². The van der Waals surface area contributed by atoms with Gasteiger partial charge in [-0.3, -0.25) is 0 Å². The van der Waals surface area contributed by atoms with Crippen molar-refractivity contribution < 1.29 is 9.90 Å². The standard InChI is InChI=1S/C13H17ClN2O2/c1-16(10-5-3-2-4-6-10)12-11(14)7-9(8-15-12)13(17)18/h7-8,10H,2-6H2,1H3,(H,17,18). The number of carboxylic acid groups (broad SMARTS) is 1. The molecule has 1 saturated carbocycles. The molecule has 1 N–H and O–H groups in total. The maximum absolute atomic E-state index is 10.8. The predicted octanol–water partition coefficient (Wildman–Crippen LogP) is 3.20. The summed E-state index contributed by atoms with van der Waals surface area (Å²) in [6.07, 6.45) is 7.43. The lowest BCUT2D eigenvalue weighted by Crippen LogP contribution is -2.34. The first-order valence-electron chi connectivity index (χ1n) is 6.21. The van der Waals surface area contributed by atoms with E-state index in [2.05, 4.69) is 9.88 Å². The van der Waals surface area contributed by atoms with Gasteiger partial charge in [-0.05, 0) is 18.9 Å². The summed E-state index contributed by atoms with van der Waals surface area (Å²) in [6, 6.07) is 1.92. The van der Waals surface area contributed by atoms with Gasteiger partial charge in [0, 0.05) is 19.3 Å². The van der Waals surface area contributed by atoms with Crippen molar-refractivity contribution in [3.8, 4) is 0 Å². The van der Waals surface area contributed by atoms with Crippen LogP contribution in [0.3, 0.4) is 0 Å². The number of halogens is 1. The number of pyridine rings is 1. The minimum absolute atomic E-state index is 0.126. The molecule has 0 aliphatic heterocycles. The molecule has 0 aromatic carbocycles. The second-order valence-corrected chi connectivity index (χ2v) is 5.14. The van der Waals surface area contributed by atoms with Crippen molar-refractivity contribution in [1.82, 2.24) is 4.98 Å². The van der Waals surface area contributed by atoms with Gasteiger partial charge in [-0.15, -0.1) is 0 Å². The van der Waals surface area contributed by atoms with E-state index in [1.54, 1.807) is 0 Å². The number of aromatic carboxylic acids is 1. The van der Waals surface area contributed by atoms with Gasteiger partial charge in [0.1, 0.15) is 5.82 Å². The summed E-state index contributed by atoms with van der Waals surface area (Å²) >= 11 is 6.12. The molecule has 0 atom stereocenters. The lowest BCUT2D eigenvalue weighted by molar-refractivity contribution is 0.0696. The average Bonchev–Trinajstić information content (AvgIpc) is 2.38. The molecule has 0 saturated heterocycles. The third-order valence-electron chi connectivity index (χ3n) is 3.53. The van der Waals surface area contributed by atoms with Crippen LogP contribution in [0, 0.1) is 0 Å². The van der Waals surface area contributed by atoms with Crippen LogP contribution in [0.15, 0.2) is 12.3 Å². The van der Waals surface area contributed by atoms with E-state index in [4.69, 9.17) is 16.7 Å². The molecule has 1 aliphatic rings. The van der Waals surface area contributed by atoms with Crippen molar-refractivity contribution in [3.05, 3.63) is 22.8 Å². The molecule has 0 bridgehead atoms. The van der Waals surface area contributed by atoms with E-state index in [1.807, 2.05) is 7.05 Å². The second kappa shape index (κ2) is 5.57. The SMILES string of the molecule is CN(c1ncc(C(=O)O)cc1Cl)C1CCCCC1. The Hall–Kier alpha value is -1.29. The second-order valence-electron chi connectivity index (χ2n) is 4.74. The molecule has 1 fully saturated rings. The van der Waals surface area contributed by atoms with Crippen molar-refractivity contribution in [2.24, 2.45) is 0 Å². The lowest BCUT2D eigenvalue weighted by Gasteiger charge is -2.32. The zero-order valence-corrected chi connectivity index (χ0v) is 11.2. The van der Waals surface area contributed by atoms with Crippen molar-refractivity contribution >= 4 is 23.4 Å². The number of carboxylic acids is 1. The highest BCUT2D eigenvalue weighted by Gasteiger charge is 2.21. The monoisotopic (exact) mass is 268 g/mol. The zero-order chi connectivity index (χ0) is 13.1. The van der Waals surface area contributed by atoms with Crippen molar-refractivity contribution in [1.29, 1.82) is 0 Å². The highest BCUT2D eigenvalue weighted by atomic mass is 35.5. The van der Waals surface area contributed by atoms with Gasteiger partial charge in [-0.2, -0.15) is 0 Å². The Morgan fingerprint density at radius 3 is 2.67 bits per heavy atom. The first-order valence-corrected chi connectivity index (χ1v) is 6.59. The number of nitrogens with zero attached hydrogens (tertiary/aromatic N) is 2. The Bertz CT molecular complexity index is 445. The van der Waals surface area contributed by atoms with E-state index in [0.717, 1.165) is 12.8 Å². The fourth-order valence-corrected chi connectivity index (χ4v) is 2.75. The number of anilines is 1. The molecule has 5 heteroatoms. The summed E-state index contributed by atoms with van der Waals surface area (Å²) in [6.45, 7) is 0. The quantitative estimate of drug-likeness (QED) is 0.915. The Labute approximate surface area is 112 Å². The van der Waals surface area contributed by atoms with Gasteiger partial charge in [0.25, 0.3) is 0 Å². The maximum Gasteiger partial charge on any atom is 0.337 e. The maximum atomic E-state index is 10.8. The summed E-state index contributed by atoms with van der Waals surface area (Å²) in [5.41, 5.74) is 0.126. The van der Waals surface area contributed by atoms with Gasteiger partial charge < -0.3 is 10.0 Å². The van der Waals surface area contributed by atoms with Crippen molar-refractivity contribution in [3.63, 3.8) is 0 Å². The van der Waals surface area contributed by atoms with Gasteiger partial charge in [0.2, 0.25) is 0 Å². The smallest absolute Gasteiger partial charge is 0.337 e. The van der Waals surface area contributed by atoms with Crippen molar-refractivity contribution in [2.45, 2.75) is 38.1 Å². The molecular formula is C13H17ClN2O2. The Morgan fingerprint density at radius 2 is 2.11 bits per heavy atom. The number of aromatic nitrogens is 1. The Morgan fingerprint density at radius 1 is 1.44 bits per heavy atom. The first-order chi connectivity index (χ1) is 8.59. The Kier molecular flexibility index (Phi) is 4.07. The Balaban J connectivity index is 2.19. The van der Waals surface area contributed by atoms with Gasteiger partial charge in [0.05, 0.1) is 10.6 Å². The molecular weight excluding hydrogens is 252 g/mol. The van der Waals surface area contributed by atoms with Gasteiger partial charge >= 0.3 is 5.97 Å². The minimum Gasteiger partial charge on any atom is -0.478 e. The number of hydrogen-bond acceptors (Lipinski definition) is 3. The van der Waals surface area contributed by atoms with Crippen LogP contribution >= 0.6 is 11.6 Å². The highest BCUT2D eigenvalue weighted by molar-refractivity contribution is 6.33. The van der Waals surface area contributed by atoms with Gasteiger partial charge in [-0.25, -0.2) is 9.78 Å². The van der Waals surface area contributed by atoms with E-state index >= 15 is 0 Å². The predicted molar refractivity (Wildman–Crippen MR) is 71.5 cm³/mol. The molecule has 0 amide bonds. The van der Waals surface area contributed by atoms with Crippen molar-refractivity contribution in [2.75, 3.05) is 11.9 Å². The summed E-state index contributed by atoms with van der Waals surface area (Å²) in [4.78, 5) is 17.1. The molecule has 1 aliphatic carbocycles.